The molecular formula is C33H23BrN2O5S. The minimum absolute atomic E-state index is 0.0982. The zero-order chi connectivity index (χ0) is 28.7. The van der Waals surface area contributed by atoms with Crippen molar-refractivity contribution < 1.29 is 23.9 Å². The molecule has 0 radical (unpaired) electrons. The SMILES string of the molecule is O=C(COC(=O)c1cc(-c2ccc(N3C(=O)C4C5C=CC(C6CC56)C4C3=O)cc2)nc2ccc(Br)cc12)c1cccs1. The second-order valence-corrected chi connectivity index (χ2v) is 13.3. The molecule has 5 aliphatic rings. The number of anilines is 1. The van der Waals surface area contributed by atoms with Gasteiger partial charge in [-0.15, -0.1) is 11.3 Å². The molecule has 0 N–H and O–H groups in total. The number of halogens is 1. The number of Topliss-reactive ketones (excluding diaryl/α,β-unsaturated/α-hetero) is 1. The van der Waals surface area contributed by atoms with Gasteiger partial charge < -0.3 is 4.74 Å². The maximum Gasteiger partial charge on any atom is 0.339 e. The minimum Gasteiger partial charge on any atom is -0.454 e. The van der Waals surface area contributed by atoms with Crippen LogP contribution in [0.2, 0.25) is 0 Å². The first-order chi connectivity index (χ1) is 20.4. The number of hydrogen-bond acceptors (Lipinski definition) is 7. The summed E-state index contributed by atoms with van der Waals surface area (Å²) in [4.78, 5) is 59.4. The average Bonchev–Trinajstić information content (AvgIpc) is 3.57. The third-order valence-electron chi connectivity index (χ3n) is 9.21. The van der Waals surface area contributed by atoms with Gasteiger partial charge in [0.05, 0.1) is 39.2 Å². The van der Waals surface area contributed by atoms with Crippen LogP contribution in [0.3, 0.4) is 0 Å². The first-order valence-corrected chi connectivity index (χ1v) is 15.6. The number of nitrogens with zero attached hydrogens (tertiary/aromatic N) is 2. The Balaban J connectivity index is 1.09. The van der Waals surface area contributed by atoms with E-state index in [0.29, 0.717) is 44.6 Å². The lowest BCUT2D eigenvalue weighted by atomic mass is 9.63. The number of hydrogen-bond donors (Lipinski definition) is 0. The molecule has 0 spiro atoms. The topological polar surface area (TPSA) is 93.6 Å². The van der Waals surface area contributed by atoms with Crippen molar-refractivity contribution >= 4 is 67.4 Å². The van der Waals surface area contributed by atoms with E-state index in [1.54, 1.807) is 47.8 Å². The fourth-order valence-electron chi connectivity index (χ4n) is 7.22. The Morgan fingerprint density at radius 3 is 2.33 bits per heavy atom. The normalized spacial score (nSPS) is 26.8. The number of rotatable bonds is 6. The monoisotopic (exact) mass is 638 g/mol. The maximum absolute atomic E-state index is 13.5. The van der Waals surface area contributed by atoms with Crippen LogP contribution in [-0.2, 0) is 14.3 Å². The van der Waals surface area contributed by atoms with Crippen LogP contribution in [0.4, 0.5) is 5.69 Å². The molecule has 4 aromatic rings. The second kappa shape index (κ2) is 9.54. The molecule has 3 heterocycles. The predicted molar refractivity (Wildman–Crippen MR) is 161 cm³/mol. The lowest BCUT2D eigenvalue weighted by molar-refractivity contribution is -0.124. The molecule has 2 aromatic carbocycles. The van der Waals surface area contributed by atoms with E-state index in [1.165, 1.54) is 16.2 Å². The van der Waals surface area contributed by atoms with Crippen LogP contribution in [0.25, 0.3) is 22.2 Å². The van der Waals surface area contributed by atoms with Crippen molar-refractivity contribution in [2.45, 2.75) is 6.42 Å². The van der Waals surface area contributed by atoms with E-state index in [0.717, 1.165) is 10.9 Å². The van der Waals surface area contributed by atoms with Gasteiger partial charge in [0.15, 0.2) is 6.61 Å². The summed E-state index contributed by atoms with van der Waals surface area (Å²) in [5.74, 6) is -0.143. The second-order valence-electron chi connectivity index (χ2n) is 11.4. The molecule has 2 aromatic heterocycles. The highest BCUT2D eigenvalue weighted by Gasteiger charge is 2.67. The molecule has 1 saturated heterocycles. The fourth-order valence-corrected chi connectivity index (χ4v) is 8.24. The third-order valence-corrected chi connectivity index (χ3v) is 10.6. The highest BCUT2D eigenvalue weighted by molar-refractivity contribution is 9.10. The lowest BCUT2D eigenvalue weighted by Gasteiger charge is -2.37. The number of fused-ring (bicyclic) bond motifs is 1. The quantitative estimate of drug-likeness (QED) is 0.106. The van der Waals surface area contributed by atoms with E-state index >= 15 is 0 Å². The Hall–Kier alpha value is -3.95. The number of carbonyl (C=O) groups is 4. The Kier molecular flexibility index (Phi) is 5.84. The van der Waals surface area contributed by atoms with Gasteiger partial charge >= 0.3 is 5.97 Å². The van der Waals surface area contributed by atoms with Crippen LogP contribution >= 0.6 is 27.3 Å². The smallest absolute Gasteiger partial charge is 0.339 e. The largest absolute Gasteiger partial charge is 0.454 e. The summed E-state index contributed by atoms with van der Waals surface area (Å²) in [7, 11) is 0. The van der Waals surface area contributed by atoms with Crippen molar-refractivity contribution in [2.75, 3.05) is 11.5 Å². The van der Waals surface area contributed by atoms with Gasteiger partial charge in [-0.3, -0.25) is 19.3 Å². The highest BCUT2D eigenvalue weighted by atomic mass is 79.9. The lowest BCUT2D eigenvalue weighted by Crippen LogP contribution is -2.40. The number of benzene rings is 2. The zero-order valence-electron chi connectivity index (χ0n) is 22.1. The fraction of sp³-hybridized carbons (Fsp3) is 0.242. The molecule has 2 bridgehead atoms. The Morgan fingerprint density at radius 1 is 0.952 bits per heavy atom. The number of imide groups is 1. The van der Waals surface area contributed by atoms with Crippen molar-refractivity contribution in [1.29, 1.82) is 0 Å². The summed E-state index contributed by atoms with van der Waals surface area (Å²) in [6, 6.07) is 17.7. The number of pyridine rings is 1. The van der Waals surface area contributed by atoms with Crippen molar-refractivity contribution in [1.82, 2.24) is 4.98 Å². The number of ketones is 1. The molecule has 42 heavy (non-hydrogen) atoms. The molecule has 6 unspecified atom stereocenters. The van der Waals surface area contributed by atoms with Gasteiger partial charge in [-0.2, -0.15) is 0 Å². The Bertz CT molecular complexity index is 1810. The molecule has 2 amide bonds. The summed E-state index contributed by atoms with van der Waals surface area (Å²) >= 11 is 4.76. The van der Waals surface area contributed by atoms with Crippen LogP contribution in [0, 0.1) is 35.5 Å². The number of amides is 2. The molecule has 6 atom stereocenters. The third kappa shape index (κ3) is 3.94. The van der Waals surface area contributed by atoms with Crippen LogP contribution < -0.4 is 4.90 Å². The van der Waals surface area contributed by atoms with Gasteiger partial charge in [0.1, 0.15) is 0 Å². The summed E-state index contributed by atoms with van der Waals surface area (Å²) in [6.45, 7) is -0.361. The minimum atomic E-state index is -0.625. The molecule has 7 nitrogen and oxygen atoms in total. The molecular weight excluding hydrogens is 616 g/mol. The number of allylic oxidation sites excluding steroid dienone is 2. The number of esters is 1. The molecule has 9 rings (SSSR count). The van der Waals surface area contributed by atoms with Gasteiger partial charge in [-0.05, 0) is 77.9 Å². The molecule has 208 valence electrons. The van der Waals surface area contributed by atoms with Crippen molar-refractivity contribution in [3.8, 4) is 11.3 Å². The van der Waals surface area contributed by atoms with Crippen molar-refractivity contribution in [3.63, 3.8) is 0 Å². The zero-order valence-corrected chi connectivity index (χ0v) is 24.5. The highest BCUT2D eigenvalue weighted by Crippen LogP contribution is 2.65. The molecule has 1 aliphatic heterocycles. The standard InChI is InChI=1S/C33H23BrN2O5S/c34-17-5-10-25-23(12-17)24(33(40)41-15-27(37)28-2-1-11-42-28)14-26(35-25)16-3-6-18(7-4-16)36-31(38)29-19-8-9-20(22-13-21(19)22)30(29)32(36)39/h1-12,14,19-22,29-30H,13,15H2. The van der Waals surface area contributed by atoms with Gasteiger partial charge in [0, 0.05) is 15.4 Å². The summed E-state index contributed by atoms with van der Waals surface area (Å²) in [5, 5.41) is 2.39. The first kappa shape index (κ1) is 25.7. The van der Waals surface area contributed by atoms with Crippen LogP contribution in [0.15, 0.2) is 82.7 Å². The van der Waals surface area contributed by atoms with Gasteiger partial charge in [0.2, 0.25) is 17.6 Å². The molecule has 9 heteroatoms. The van der Waals surface area contributed by atoms with E-state index in [9.17, 15) is 19.2 Å². The van der Waals surface area contributed by atoms with Crippen LogP contribution in [-0.4, -0.2) is 35.2 Å². The molecule has 4 aliphatic carbocycles. The van der Waals surface area contributed by atoms with Gasteiger partial charge in [-0.1, -0.05) is 46.3 Å². The van der Waals surface area contributed by atoms with E-state index in [4.69, 9.17) is 9.72 Å². The van der Waals surface area contributed by atoms with E-state index < -0.39 is 5.97 Å². The summed E-state index contributed by atoms with van der Waals surface area (Å²) in [5.41, 5.74) is 2.67. The number of aromatic nitrogens is 1. The van der Waals surface area contributed by atoms with Crippen molar-refractivity contribution in [3.05, 3.63) is 93.1 Å². The molecule has 2 saturated carbocycles. The number of ether oxygens (including phenoxy) is 1. The number of thiophene rings is 1. The summed E-state index contributed by atoms with van der Waals surface area (Å²) in [6.07, 6.45) is 5.46. The summed E-state index contributed by atoms with van der Waals surface area (Å²) < 4.78 is 6.21. The maximum atomic E-state index is 13.5. The van der Waals surface area contributed by atoms with Crippen LogP contribution in [0.5, 0.6) is 0 Å². The van der Waals surface area contributed by atoms with E-state index in [1.807, 2.05) is 18.2 Å². The Labute approximate surface area is 253 Å². The predicted octanol–water partition coefficient (Wildman–Crippen LogP) is 6.32. The first-order valence-electron chi connectivity index (χ1n) is 13.9. The average molecular weight is 640 g/mol. The molecule has 3 fully saturated rings. The Morgan fingerprint density at radius 2 is 1.67 bits per heavy atom. The van der Waals surface area contributed by atoms with E-state index in [2.05, 4.69) is 28.1 Å². The van der Waals surface area contributed by atoms with E-state index in [-0.39, 0.29) is 53.4 Å². The van der Waals surface area contributed by atoms with Gasteiger partial charge in [0.25, 0.3) is 0 Å². The van der Waals surface area contributed by atoms with Crippen LogP contribution in [0.1, 0.15) is 26.5 Å². The van der Waals surface area contributed by atoms with Gasteiger partial charge in [-0.25, -0.2) is 9.78 Å². The number of carbonyl (C=O) groups excluding carboxylic acids is 4. The van der Waals surface area contributed by atoms with Crippen molar-refractivity contribution in [2.24, 2.45) is 35.5 Å².